The summed E-state index contributed by atoms with van der Waals surface area (Å²) in [5.41, 5.74) is 12.2. The number of anilines is 1. The van der Waals surface area contributed by atoms with Crippen molar-refractivity contribution in [3.05, 3.63) is 53.6 Å². The van der Waals surface area contributed by atoms with Crippen LogP contribution in [-0.4, -0.2) is 12.2 Å². The highest BCUT2D eigenvalue weighted by Gasteiger charge is 2.18. The van der Waals surface area contributed by atoms with E-state index in [1.165, 1.54) is 22.3 Å². The maximum absolute atomic E-state index is 10.7. The number of benzene rings is 2. The van der Waals surface area contributed by atoms with Gasteiger partial charge in [0, 0.05) is 12.1 Å². The first-order valence-electron chi connectivity index (χ1n) is 5.98. The van der Waals surface area contributed by atoms with Crippen LogP contribution in [0.3, 0.4) is 0 Å². The Labute approximate surface area is 116 Å². The minimum Gasteiger partial charge on any atom is -0.398 e. The van der Waals surface area contributed by atoms with Crippen LogP contribution in [0.5, 0.6) is 0 Å². The van der Waals surface area contributed by atoms with E-state index in [-0.39, 0.29) is 5.75 Å². The zero-order valence-corrected chi connectivity index (χ0v) is 11.2. The van der Waals surface area contributed by atoms with Gasteiger partial charge in [0.15, 0.2) is 0 Å². The van der Waals surface area contributed by atoms with E-state index in [0.29, 0.717) is 0 Å². The number of nitrogen functional groups attached to an aromatic ring is 1. The Hall–Kier alpha value is -1.55. The fourth-order valence-electron chi connectivity index (χ4n) is 2.18. The van der Waals surface area contributed by atoms with E-state index in [2.05, 4.69) is 43.0 Å². The molecule has 0 saturated carbocycles. The first-order chi connectivity index (χ1) is 9.13. The molecular weight excluding hydrogens is 264 g/mol. The molecule has 0 heterocycles. The van der Waals surface area contributed by atoms with E-state index < -0.39 is 6.43 Å². The molecule has 0 aromatic heterocycles. The molecule has 0 saturated heterocycles. The molecule has 0 aliphatic heterocycles. The molecule has 2 N–H and O–H groups in total. The van der Waals surface area contributed by atoms with Crippen molar-refractivity contribution in [3.63, 3.8) is 0 Å². The Morgan fingerprint density at radius 3 is 2.37 bits per heavy atom. The van der Waals surface area contributed by atoms with E-state index in [1.54, 1.807) is 0 Å². The van der Waals surface area contributed by atoms with Gasteiger partial charge in [-0.3, -0.25) is 0 Å². The number of hydrogen-bond acceptors (Lipinski definition) is 2. The predicted octanol–water partition coefficient (Wildman–Crippen LogP) is 4.02. The third-order valence-electron chi connectivity index (χ3n) is 3.03. The minimum atomic E-state index is -2.25. The first-order valence-corrected chi connectivity index (χ1v) is 6.61. The molecule has 100 valence electrons. The second-order valence-electron chi connectivity index (χ2n) is 4.28. The predicted molar refractivity (Wildman–Crippen MR) is 79.0 cm³/mol. The number of alkyl halides is 2. The Bertz CT molecular complexity index is 570. The lowest BCUT2D eigenvalue weighted by Crippen LogP contribution is -1.91. The monoisotopic (exact) mass is 279 g/mol. The Morgan fingerprint density at radius 1 is 1.05 bits per heavy atom. The zero-order chi connectivity index (χ0) is 13.8. The van der Waals surface area contributed by atoms with Gasteiger partial charge in [0.05, 0.1) is 5.75 Å². The molecule has 2 aromatic carbocycles. The van der Waals surface area contributed by atoms with Gasteiger partial charge in [-0.15, -0.1) is 0 Å². The molecule has 4 heteroatoms. The summed E-state index contributed by atoms with van der Waals surface area (Å²) >= 11 is 3.27. The molecule has 1 aliphatic rings. The lowest BCUT2D eigenvalue weighted by atomic mass is 10.1. The summed E-state index contributed by atoms with van der Waals surface area (Å²) in [4.78, 5) is 0. The highest BCUT2D eigenvalue weighted by molar-refractivity contribution is 7.80. The molecule has 0 spiro atoms. The molecule has 1 aliphatic carbocycles. The van der Waals surface area contributed by atoms with Gasteiger partial charge < -0.3 is 5.73 Å². The van der Waals surface area contributed by atoms with Crippen molar-refractivity contribution in [1.82, 2.24) is 0 Å². The van der Waals surface area contributed by atoms with Gasteiger partial charge in [-0.2, -0.15) is 12.6 Å². The molecule has 3 rings (SSSR count). The smallest absolute Gasteiger partial charge is 0.247 e. The van der Waals surface area contributed by atoms with Gasteiger partial charge >= 0.3 is 0 Å². The molecule has 0 atom stereocenters. The maximum atomic E-state index is 10.7. The van der Waals surface area contributed by atoms with Crippen molar-refractivity contribution in [2.75, 3.05) is 11.5 Å². The summed E-state index contributed by atoms with van der Waals surface area (Å²) in [6.07, 6.45) is -1.27. The summed E-state index contributed by atoms with van der Waals surface area (Å²) in [5.74, 6) is -0.333. The minimum absolute atomic E-state index is 0.333. The molecule has 1 nitrogen and oxygen atoms in total. The van der Waals surface area contributed by atoms with Crippen LogP contribution in [0.4, 0.5) is 14.5 Å². The largest absolute Gasteiger partial charge is 0.398 e. The average molecular weight is 279 g/mol. The van der Waals surface area contributed by atoms with Crippen molar-refractivity contribution in [2.45, 2.75) is 12.8 Å². The van der Waals surface area contributed by atoms with E-state index in [1.807, 2.05) is 12.1 Å². The topological polar surface area (TPSA) is 26.0 Å². The van der Waals surface area contributed by atoms with E-state index in [0.717, 1.165) is 12.1 Å². The summed E-state index contributed by atoms with van der Waals surface area (Å²) in [6.45, 7) is 0. The van der Waals surface area contributed by atoms with Gasteiger partial charge in [0.25, 0.3) is 0 Å². The molecule has 2 aromatic rings. The van der Waals surface area contributed by atoms with Crippen LogP contribution >= 0.6 is 12.6 Å². The molecule has 0 unspecified atom stereocenters. The fourth-order valence-corrected chi connectivity index (χ4v) is 2.18. The van der Waals surface area contributed by atoms with Crippen molar-refractivity contribution >= 4 is 18.3 Å². The summed E-state index contributed by atoms with van der Waals surface area (Å²) in [7, 11) is 0. The quantitative estimate of drug-likeness (QED) is 0.510. The Kier molecular flexibility index (Phi) is 4.43. The molecular formula is C15H15F2NS. The van der Waals surface area contributed by atoms with Crippen LogP contribution in [0.1, 0.15) is 11.1 Å². The van der Waals surface area contributed by atoms with Crippen LogP contribution < -0.4 is 5.73 Å². The number of rotatable bonds is 1. The van der Waals surface area contributed by atoms with E-state index in [4.69, 9.17) is 5.73 Å². The third kappa shape index (κ3) is 3.07. The van der Waals surface area contributed by atoms with Crippen LogP contribution in [-0.2, 0) is 6.42 Å². The molecule has 19 heavy (non-hydrogen) atoms. The van der Waals surface area contributed by atoms with Gasteiger partial charge in [0.2, 0.25) is 6.43 Å². The average Bonchev–Trinajstić information content (AvgIpc) is 2.80. The summed E-state index contributed by atoms with van der Waals surface area (Å²) in [6, 6.07) is 14.7. The highest BCUT2D eigenvalue weighted by Crippen LogP contribution is 2.38. The molecule has 0 bridgehead atoms. The number of hydrogen-bond donors (Lipinski definition) is 2. The van der Waals surface area contributed by atoms with Gasteiger partial charge in [-0.25, -0.2) is 8.78 Å². The normalized spacial score (nSPS) is 11.6. The van der Waals surface area contributed by atoms with E-state index in [9.17, 15) is 8.78 Å². The second-order valence-corrected chi connectivity index (χ2v) is 4.65. The first kappa shape index (κ1) is 13.9. The second kappa shape index (κ2) is 6.06. The summed E-state index contributed by atoms with van der Waals surface area (Å²) in [5, 5.41) is 0. The van der Waals surface area contributed by atoms with Gasteiger partial charge in [0.1, 0.15) is 0 Å². The number of nitrogens with two attached hydrogens (primary N) is 1. The summed E-state index contributed by atoms with van der Waals surface area (Å²) < 4.78 is 21.4. The van der Waals surface area contributed by atoms with Gasteiger partial charge in [-0.05, 0) is 28.3 Å². The highest BCUT2D eigenvalue weighted by atomic mass is 32.1. The van der Waals surface area contributed by atoms with Crippen LogP contribution in [0.15, 0.2) is 42.5 Å². The van der Waals surface area contributed by atoms with E-state index >= 15 is 0 Å². The van der Waals surface area contributed by atoms with Gasteiger partial charge in [-0.1, -0.05) is 36.4 Å². The molecule has 0 radical (unpaired) electrons. The number of fused-ring (bicyclic) bond motifs is 3. The standard InChI is InChI=1S/C13H11N.C2H4F2S/c14-13-7-3-6-11-10-5-2-1-4-9(10)8-12(11)13;3-2(4)1-5/h1-7H,8,14H2;2,5H,1H2. The fraction of sp³-hybridized carbons (Fsp3) is 0.200. The Morgan fingerprint density at radius 2 is 1.68 bits per heavy atom. The van der Waals surface area contributed by atoms with Crippen LogP contribution in [0.25, 0.3) is 11.1 Å². The third-order valence-corrected chi connectivity index (χ3v) is 3.30. The van der Waals surface area contributed by atoms with Crippen LogP contribution in [0, 0.1) is 0 Å². The number of thiol groups is 1. The number of halogens is 2. The lowest BCUT2D eigenvalue weighted by molar-refractivity contribution is 0.177. The van der Waals surface area contributed by atoms with Crippen molar-refractivity contribution < 1.29 is 8.78 Å². The van der Waals surface area contributed by atoms with Crippen molar-refractivity contribution in [3.8, 4) is 11.1 Å². The lowest BCUT2D eigenvalue weighted by Gasteiger charge is -2.02. The zero-order valence-electron chi connectivity index (χ0n) is 10.3. The molecule has 0 fully saturated rings. The van der Waals surface area contributed by atoms with Crippen LogP contribution in [0.2, 0.25) is 0 Å². The Balaban J connectivity index is 0.000000232. The van der Waals surface area contributed by atoms with Crippen molar-refractivity contribution in [2.24, 2.45) is 0 Å². The molecule has 0 amide bonds. The van der Waals surface area contributed by atoms with Crippen molar-refractivity contribution in [1.29, 1.82) is 0 Å². The maximum Gasteiger partial charge on any atom is 0.247 e. The SMILES string of the molecule is FC(F)CS.Nc1cccc2c1Cc1ccccc1-2.